The maximum Gasteiger partial charge on any atom is 0.230 e. The van der Waals surface area contributed by atoms with Gasteiger partial charge < -0.3 is 0 Å². The molecular weight excluding hydrogens is 459 g/mol. The molecule has 1 aromatic heterocycles. The van der Waals surface area contributed by atoms with Gasteiger partial charge in [0.25, 0.3) is 0 Å². The Hall–Kier alpha value is -3.10. The van der Waals surface area contributed by atoms with Gasteiger partial charge in [-0.1, -0.05) is 47.7 Å². The van der Waals surface area contributed by atoms with Crippen molar-refractivity contribution in [2.24, 2.45) is 0 Å². The Morgan fingerprint density at radius 3 is 2.42 bits per heavy atom. The summed E-state index contributed by atoms with van der Waals surface area (Å²) in [6.07, 6.45) is -0.208. The Morgan fingerprint density at radius 2 is 1.73 bits per heavy atom. The normalized spacial score (nSPS) is 11.6. The third-order valence-corrected chi connectivity index (χ3v) is 8.24. The van der Waals surface area contributed by atoms with Crippen LogP contribution < -0.4 is 4.90 Å². The molecule has 0 fully saturated rings. The van der Waals surface area contributed by atoms with Crippen LogP contribution in [-0.2, 0) is 21.2 Å². The quantitative estimate of drug-likeness (QED) is 0.329. The molecule has 0 unspecified atom stereocenters. The molecule has 0 N–H and O–H groups in total. The number of thiazole rings is 1. The van der Waals surface area contributed by atoms with Crippen molar-refractivity contribution in [1.82, 2.24) is 4.98 Å². The van der Waals surface area contributed by atoms with Gasteiger partial charge in [-0.25, -0.2) is 17.8 Å². The molecule has 0 atom stereocenters. The van der Waals surface area contributed by atoms with Gasteiger partial charge in [-0.15, -0.1) is 0 Å². The molecule has 0 bridgehead atoms. The summed E-state index contributed by atoms with van der Waals surface area (Å²) < 4.78 is 39.5. The second-order valence-corrected chi connectivity index (χ2v) is 11.0. The smallest absolute Gasteiger partial charge is 0.230 e. The van der Waals surface area contributed by atoms with E-state index in [0.29, 0.717) is 5.13 Å². The monoisotopic (exact) mass is 482 g/mol. The van der Waals surface area contributed by atoms with Crippen molar-refractivity contribution in [3.63, 3.8) is 0 Å². The lowest BCUT2D eigenvalue weighted by Gasteiger charge is -2.20. The van der Waals surface area contributed by atoms with Crippen LogP contribution in [0.1, 0.15) is 23.1 Å². The lowest BCUT2D eigenvalue weighted by molar-refractivity contribution is -0.118. The molecule has 0 aliphatic rings. The van der Waals surface area contributed by atoms with Gasteiger partial charge in [-0.05, 0) is 60.9 Å². The number of carbonyl (C=O) groups excluding carboxylic acids is 1. The number of hydrogen-bond donors (Lipinski definition) is 0. The van der Waals surface area contributed by atoms with E-state index in [-0.39, 0.29) is 29.5 Å². The van der Waals surface area contributed by atoms with E-state index >= 15 is 0 Å². The molecule has 1 heterocycles. The van der Waals surface area contributed by atoms with Crippen molar-refractivity contribution in [1.29, 1.82) is 0 Å². The summed E-state index contributed by atoms with van der Waals surface area (Å²) in [5, 5.41) is 0.534. The molecule has 33 heavy (non-hydrogen) atoms. The summed E-state index contributed by atoms with van der Waals surface area (Å²) in [5.41, 5.74) is 3.90. The minimum absolute atomic E-state index is 0.00241. The van der Waals surface area contributed by atoms with Gasteiger partial charge in [0.15, 0.2) is 15.0 Å². The molecule has 0 radical (unpaired) electrons. The van der Waals surface area contributed by atoms with Crippen LogP contribution in [0.5, 0.6) is 0 Å². The maximum atomic E-state index is 13.3. The number of fused-ring (bicyclic) bond motifs is 1. The Labute approximate surface area is 196 Å². The van der Waals surface area contributed by atoms with Gasteiger partial charge >= 0.3 is 0 Å². The zero-order chi connectivity index (χ0) is 23.6. The lowest BCUT2D eigenvalue weighted by atomic mass is 10.1. The molecule has 4 aromatic rings. The molecule has 0 aliphatic carbocycles. The summed E-state index contributed by atoms with van der Waals surface area (Å²) >= 11 is 1.42. The van der Waals surface area contributed by atoms with Crippen LogP contribution in [0, 0.1) is 19.7 Å². The molecule has 8 heteroatoms. The first kappa shape index (κ1) is 23.1. The largest absolute Gasteiger partial charge is 0.284 e. The minimum atomic E-state index is -3.73. The number of aryl methyl sites for hydroxylation is 2. The molecular formula is C25H23FN2O3S2. The third kappa shape index (κ3) is 5.29. The van der Waals surface area contributed by atoms with Crippen LogP contribution in [0.2, 0.25) is 0 Å². The zero-order valence-electron chi connectivity index (χ0n) is 18.3. The fourth-order valence-electron chi connectivity index (χ4n) is 3.63. The predicted molar refractivity (Wildman–Crippen MR) is 130 cm³/mol. The van der Waals surface area contributed by atoms with Gasteiger partial charge in [0.05, 0.1) is 27.4 Å². The van der Waals surface area contributed by atoms with E-state index in [1.165, 1.54) is 23.5 Å². The Bertz CT molecular complexity index is 1400. The van der Waals surface area contributed by atoms with E-state index in [1.54, 1.807) is 4.90 Å². The second kappa shape index (κ2) is 9.41. The number of halogens is 1. The third-order valence-electron chi connectivity index (χ3n) is 5.28. The van der Waals surface area contributed by atoms with Crippen LogP contribution in [0.4, 0.5) is 9.52 Å². The fraction of sp³-hybridized carbons (Fsp3) is 0.200. The number of sulfone groups is 1. The number of rotatable bonds is 7. The standard InChI is InChI=1S/C25H23FN2O3S2/c1-17-14-18(2)24-22(15-17)27-25(32-24)28(16-19-6-4-3-5-7-19)23(29)12-13-33(30,31)21-10-8-20(26)9-11-21/h3-11,14-15H,12-13,16H2,1-2H3. The molecule has 5 nitrogen and oxygen atoms in total. The van der Waals surface area contributed by atoms with Gasteiger partial charge in [-0.2, -0.15) is 0 Å². The maximum absolute atomic E-state index is 13.3. The number of amides is 1. The minimum Gasteiger partial charge on any atom is -0.284 e. The summed E-state index contributed by atoms with van der Waals surface area (Å²) in [5.74, 6) is -1.22. The number of carbonyl (C=O) groups is 1. The van der Waals surface area contributed by atoms with E-state index in [2.05, 4.69) is 6.07 Å². The van der Waals surface area contributed by atoms with Crippen molar-refractivity contribution >= 4 is 42.4 Å². The number of hydrogen-bond acceptors (Lipinski definition) is 5. The highest BCUT2D eigenvalue weighted by Crippen LogP contribution is 2.33. The highest BCUT2D eigenvalue weighted by atomic mass is 32.2. The Morgan fingerprint density at radius 1 is 1.03 bits per heavy atom. The molecule has 4 rings (SSSR count). The highest BCUT2D eigenvalue weighted by Gasteiger charge is 2.24. The topological polar surface area (TPSA) is 67.3 Å². The van der Waals surface area contributed by atoms with Crippen molar-refractivity contribution in [2.45, 2.75) is 31.7 Å². The molecule has 0 spiro atoms. The van der Waals surface area contributed by atoms with Crippen LogP contribution >= 0.6 is 11.3 Å². The molecule has 0 aliphatic heterocycles. The summed E-state index contributed by atoms with van der Waals surface area (Å²) in [7, 11) is -3.73. The van der Waals surface area contributed by atoms with Gasteiger partial charge in [0, 0.05) is 6.42 Å². The van der Waals surface area contributed by atoms with Gasteiger partial charge in [-0.3, -0.25) is 9.69 Å². The average molecular weight is 483 g/mol. The number of aromatic nitrogens is 1. The van der Waals surface area contributed by atoms with Crippen LogP contribution in [0.25, 0.3) is 10.2 Å². The van der Waals surface area contributed by atoms with E-state index in [9.17, 15) is 17.6 Å². The van der Waals surface area contributed by atoms with Crippen molar-refractivity contribution < 1.29 is 17.6 Å². The SMILES string of the molecule is Cc1cc(C)c2sc(N(Cc3ccccc3)C(=O)CCS(=O)(=O)c3ccc(F)cc3)nc2c1. The van der Waals surface area contributed by atoms with E-state index in [1.807, 2.05) is 50.2 Å². The van der Waals surface area contributed by atoms with E-state index in [4.69, 9.17) is 4.98 Å². The molecule has 3 aromatic carbocycles. The average Bonchev–Trinajstić information content (AvgIpc) is 3.21. The first-order valence-corrected chi connectivity index (χ1v) is 12.9. The fourth-order valence-corrected chi connectivity index (χ4v) is 5.89. The zero-order valence-corrected chi connectivity index (χ0v) is 19.9. The van der Waals surface area contributed by atoms with Gasteiger partial charge in [0.2, 0.25) is 5.91 Å². The second-order valence-electron chi connectivity index (χ2n) is 7.91. The number of anilines is 1. The van der Waals surface area contributed by atoms with Crippen LogP contribution in [0.15, 0.2) is 71.6 Å². The Kier molecular flexibility index (Phi) is 6.58. The van der Waals surface area contributed by atoms with E-state index < -0.39 is 15.7 Å². The molecule has 170 valence electrons. The summed E-state index contributed by atoms with van der Waals surface area (Å²) in [6.45, 7) is 4.29. The molecule has 1 amide bonds. The summed E-state index contributed by atoms with van der Waals surface area (Å²) in [6, 6.07) is 18.2. The van der Waals surface area contributed by atoms with Crippen LogP contribution in [0.3, 0.4) is 0 Å². The Balaban J connectivity index is 1.62. The van der Waals surface area contributed by atoms with Gasteiger partial charge in [0.1, 0.15) is 5.82 Å². The molecule has 0 saturated heterocycles. The number of nitrogens with zero attached hydrogens (tertiary/aromatic N) is 2. The van der Waals surface area contributed by atoms with E-state index in [0.717, 1.165) is 39.0 Å². The van der Waals surface area contributed by atoms with Crippen molar-refractivity contribution in [3.8, 4) is 0 Å². The first-order valence-electron chi connectivity index (χ1n) is 10.4. The highest BCUT2D eigenvalue weighted by molar-refractivity contribution is 7.91. The predicted octanol–water partition coefficient (Wildman–Crippen LogP) is 5.45. The first-order chi connectivity index (χ1) is 15.7. The lowest BCUT2D eigenvalue weighted by Crippen LogP contribution is -2.31. The van der Waals surface area contributed by atoms with Crippen molar-refractivity contribution in [2.75, 3.05) is 10.7 Å². The number of benzene rings is 3. The summed E-state index contributed by atoms with van der Waals surface area (Å²) in [4.78, 5) is 19.5. The van der Waals surface area contributed by atoms with Crippen molar-refractivity contribution in [3.05, 3.63) is 89.2 Å². The molecule has 0 saturated carbocycles. The van der Waals surface area contributed by atoms with Crippen LogP contribution in [-0.4, -0.2) is 25.1 Å².